The van der Waals surface area contributed by atoms with Gasteiger partial charge in [-0.3, -0.25) is 9.79 Å². The first-order valence-corrected chi connectivity index (χ1v) is 10.9. The summed E-state index contributed by atoms with van der Waals surface area (Å²) in [5, 5.41) is 4.46. The van der Waals surface area contributed by atoms with Crippen molar-refractivity contribution in [2.45, 2.75) is 32.4 Å². The molecule has 1 aromatic heterocycles. The van der Waals surface area contributed by atoms with Gasteiger partial charge in [0.2, 0.25) is 5.91 Å². The number of hydrogen-bond donors (Lipinski definition) is 1. The highest BCUT2D eigenvalue weighted by molar-refractivity contribution is 5.81. The Balaban J connectivity index is 1.22. The molecular formula is C25H30N4O2. The van der Waals surface area contributed by atoms with Gasteiger partial charge in [-0.2, -0.15) is 0 Å². The summed E-state index contributed by atoms with van der Waals surface area (Å²) in [6.07, 6.45) is 2.26. The van der Waals surface area contributed by atoms with Crippen LogP contribution in [0.2, 0.25) is 0 Å². The van der Waals surface area contributed by atoms with Gasteiger partial charge in [-0.1, -0.05) is 42.5 Å². The Kier molecular flexibility index (Phi) is 6.55. The van der Waals surface area contributed by atoms with E-state index in [4.69, 9.17) is 4.42 Å². The molecule has 2 aromatic carbocycles. The molecule has 31 heavy (non-hydrogen) atoms. The fourth-order valence-corrected chi connectivity index (χ4v) is 4.11. The zero-order valence-electron chi connectivity index (χ0n) is 18.3. The van der Waals surface area contributed by atoms with E-state index >= 15 is 0 Å². The highest BCUT2D eigenvalue weighted by Crippen LogP contribution is 2.20. The summed E-state index contributed by atoms with van der Waals surface area (Å²) in [6.45, 7) is 2.86. The minimum absolute atomic E-state index is 0.224. The van der Waals surface area contributed by atoms with Crippen LogP contribution < -0.4 is 5.32 Å². The van der Waals surface area contributed by atoms with Crippen LogP contribution in [0.4, 0.5) is 0 Å². The topological polar surface area (TPSA) is 61.1 Å². The first-order chi connectivity index (χ1) is 15.1. The standard InChI is InChI=1S/C25H30N4O2/c1-26-25(28(2)18-22-16-20-9-5-6-11-23(20)31-22)27-14-7-12-24(30)29-15-13-19-8-3-4-10-21(19)17-29/h3-6,8-11,16H,7,12-15,17-18H2,1-2H3,(H,26,27). The summed E-state index contributed by atoms with van der Waals surface area (Å²) in [4.78, 5) is 21.0. The van der Waals surface area contributed by atoms with Crippen molar-refractivity contribution in [2.24, 2.45) is 4.99 Å². The van der Waals surface area contributed by atoms with E-state index in [9.17, 15) is 4.79 Å². The number of benzene rings is 2. The molecule has 0 fully saturated rings. The molecule has 0 saturated heterocycles. The zero-order chi connectivity index (χ0) is 21.6. The molecule has 0 aliphatic carbocycles. The van der Waals surface area contributed by atoms with Gasteiger partial charge in [0.25, 0.3) is 0 Å². The largest absolute Gasteiger partial charge is 0.459 e. The van der Waals surface area contributed by atoms with Gasteiger partial charge in [-0.05, 0) is 36.1 Å². The van der Waals surface area contributed by atoms with Crippen molar-refractivity contribution < 1.29 is 9.21 Å². The minimum Gasteiger partial charge on any atom is -0.459 e. The third-order valence-corrected chi connectivity index (χ3v) is 5.78. The SMILES string of the molecule is CN=C(NCCCC(=O)N1CCc2ccccc2C1)N(C)Cc1cc2ccccc2o1. The van der Waals surface area contributed by atoms with E-state index in [0.717, 1.165) is 48.6 Å². The van der Waals surface area contributed by atoms with E-state index in [-0.39, 0.29) is 5.91 Å². The van der Waals surface area contributed by atoms with E-state index < -0.39 is 0 Å². The molecule has 162 valence electrons. The summed E-state index contributed by atoms with van der Waals surface area (Å²) in [5.74, 6) is 1.91. The second-order valence-electron chi connectivity index (χ2n) is 8.02. The number of guanidine groups is 1. The minimum atomic E-state index is 0.224. The normalized spacial score (nSPS) is 13.9. The van der Waals surface area contributed by atoms with E-state index in [2.05, 4.69) is 34.6 Å². The lowest BCUT2D eigenvalue weighted by atomic mass is 9.99. The highest BCUT2D eigenvalue weighted by Gasteiger charge is 2.20. The lowest BCUT2D eigenvalue weighted by Gasteiger charge is -2.29. The number of rotatable bonds is 6. The predicted molar refractivity (Wildman–Crippen MR) is 124 cm³/mol. The molecule has 1 aliphatic heterocycles. The van der Waals surface area contributed by atoms with Crippen molar-refractivity contribution in [2.75, 3.05) is 27.2 Å². The Labute approximate surface area is 183 Å². The molecule has 0 unspecified atom stereocenters. The van der Waals surface area contributed by atoms with Gasteiger partial charge < -0.3 is 19.5 Å². The number of hydrogen-bond acceptors (Lipinski definition) is 3. The third-order valence-electron chi connectivity index (χ3n) is 5.78. The highest BCUT2D eigenvalue weighted by atomic mass is 16.3. The molecular weight excluding hydrogens is 388 g/mol. The van der Waals surface area contributed by atoms with Crippen molar-refractivity contribution in [3.63, 3.8) is 0 Å². The molecule has 0 atom stereocenters. The third kappa shape index (κ3) is 5.08. The maximum absolute atomic E-state index is 12.6. The summed E-state index contributed by atoms with van der Waals surface area (Å²) in [7, 11) is 3.76. The van der Waals surface area contributed by atoms with Gasteiger partial charge in [-0.25, -0.2) is 0 Å². The van der Waals surface area contributed by atoms with Crippen LogP contribution in [0.1, 0.15) is 29.7 Å². The summed E-state index contributed by atoms with van der Waals surface area (Å²) in [6, 6.07) is 18.5. The monoisotopic (exact) mass is 418 g/mol. The first kappa shape index (κ1) is 21.0. The van der Waals surface area contributed by atoms with Crippen LogP contribution in [-0.2, 0) is 24.3 Å². The van der Waals surface area contributed by atoms with Crippen LogP contribution in [0, 0.1) is 0 Å². The molecule has 0 spiro atoms. The van der Waals surface area contributed by atoms with E-state index in [1.54, 1.807) is 7.05 Å². The number of carbonyl (C=O) groups excluding carboxylic acids is 1. The zero-order valence-corrected chi connectivity index (χ0v) is 18.3. The van der Waals surface area contributed by atoms with Gasteiger partial charge in [0.1, 0.15) is 11.3 Å². The Hall–Kier alpha value is -3.28. The average Bonchev–Trinajstić information content (AvgIpc) is 3.20. The molecule has 1 N–H and O–H groups in total. The smallest absolute Gasteiger partial charge is 0.222 e. The van der Waals surface area contributed by atoms with Gasteiger partial charge in [0, 0.05) is 45.5 Å². The fourth-order valence-electron chi connectivity index (χ4n) is 4.11. The Morgan fingerprint density at radius 1 is 1.16 bits per heavy atom. The summed E-state index contributed by atoms with van der Waals surface area (Å²) < 4.78 is 5.91. The van der Waals surface area contributed by atoms with Gasteiger partial charge in [-0.15, -0.1) is 0 Å². The summed E-state index contributed by atoms with van der Waals surface area (Å²) >= 11 is 0. The number of nitrogens with zero attached hydrogens (tertiary/aromatic N) is 3. The van der Waals surface area contributed by atoms with E-state index in [1.807, 2.05) is 47.2 Å². The number of aliphatic imine (C=N–C) groups is 1. The van der Waals surface area contributed by atoms with Crippen molar-refractivity contribution >= 4 is 22.8 Å². The van der Waals surface area contributed by atoms with E-state index in [1.165, 1.54) is 11.1 Å². The molecule has 1 aliphatic rings. The maximum atomic E-state index is 12.6. The molecule has 1 amide bonds. The molecule has 6 nitrogen and oxygen atoms in total. The maximum Gasteiger partial charge on any atom is 0.222 e. The van der Waals surface area contributed by atoms with Crippen LogP contribution in [0.5, 0.6) is 0 Å². The number of para-hydroxylation sites is 1. The van der Waals surface area contributed by atoms with Crippen molar-refractivity contribution in [3.05, 3.63) is 71.5 Å². The predicted octanol–water partition coefficient (Wildman–Crippen LogP) is 3.81. The van der Waals surface area contributed by atoms with Crippen LogP contribution in [0.15, 0.2) is 64.0 Å². The van der Waals surface area contributed by atoms with Gasteiger partial charge in [0.15, 0.2) is 5.96 Å². The lowest BCUT2D eigenvalue weighted by Crippen LogP contribution is -2.39. The van der Waals surface area contributed by atoms with Crippen LogP contribution in [0.25, 0.3) is 11.0 Å². The first-order valence-electron chi connectivity index (χ1n) is 10.9. The number of nitrogens with one attached hydrogen (secondary N) is 1. The van der Waals surface area contributed by atoms with Crippen LogP contribution in [-0.4, -0.2) is 48.9 Å². The fraction of sp³-hybridized carbons (Fsp3) is 0.360. The number of furan rings is 1. The summed E-state index contributed by atoms with van der Waals surface area (Å²) in [5.41, 5.74) is 3.53. The molecule has 0 radical (unpaired) electrons. The van der Waals surface area contributed by atoms with Crippen LogP contribution >= 0.6 is 0 Å². The molecule has 0 saturated carbocycles. The van der Waals surface area contributed by atoms with Gasteiger partial charge in [0.05, 0.1) is 6.54 Å². The molecule has 6 heteroatoms. The van der Waals surface area contributed by atoms with Crippen LogP contribution in [0.3, 0.4) is 0 Å². The number of fused-ring (bicyclic) bond motifs is 2. The quantitative estimate of drug-likeness (QED) is 0.376. The Bertz CT molecular complexity index is 1040. The van der Waals surface area contributed by atoms with Crippen molar-refractivity contribution in [1.29, 1.82) is 0 Å². The second kappa shape index (κ2) is 9.69. The molecule has 0 bridgehead atoms. The lowest BCUT2D eigenvalue weighted by molar-refractivity contribution is -0.132. The van der Waals surface area contributed by atoms with Crippen molar-refractivity contribution in [1.82, 2.24) is 15.1 Å². The molecule has 3 aromatic rings. The molecule has 4 rings (SSSR count). The Morgan fingerprint density at radius 3 is 2.74 bits per heavy atom. The molecule has 2 heterocycles. The van der Waals surface area contributed by atoms with E-state index in [0.29, 0.717) is 19.5 Å². The average molecular weight is 419 g/mol. The second-order valence-corrected chi connectivity index (χ2v) is 8.02. The number of carbonyl (C=O) groups is 1. The van der Waals surface area contributed by atoms with Crippen molar-refractivity contribution in [3.8, 4) is 0 Å². The van der Waals surface area contributed by atoms with Gasteiger partial charge >= 0.3 is 0 Å². The Morgan fingerprint density at radius 2 is 1.94 bits per heavy atom. The number of amides is 1.